The molecule has 0 N–H and O–H groups in total. The van der Waals surface area contributed by atoms with Crippen LogP contribution in [-0.2, 0) is 9.84 Å². The van der Waals surface area contributed by atoms with Crippen molar-refractivity contribution in [1.29, 1.82) is 0 Å². The number of alkyl halides is 1. The van der Waals surface area contributed by atoms with Gasteiger partial charge in [0, 0.05) is 11.6 Å². The summed E-state index contributed by atoms with van der Waals surface area (Å²) in [6.45, 7) is 5.89. The zero-order valence-corrected chi connectivity index (χ0v) is 10.9. The molecule has 86 valence electrons. The SMILES string of the molecule is CCC(C)(CCl)CCCS(=O)(=O)CC. The van der Waals surface area contributed by atoms with Crippen molar-refractivity contribution in [2.24, 2.45) is 5.41 Å². The molecule has 0 aliphatic carbocycles. The smallest absolute Gasteiger partial charge is 0.150 e. The van der Waals surface area contributed by atoms with E-state index in [1.807, 2.05) is 0 Å². The van der Waals surface area contributed by atoms with Crippen LogP contribution in [0.5, 0.6) is 0 Å². The van der Waals surface area contributed by atoms with E-state index in [1.54, 1.807) is 6.92 Å². The Morgan fingerprint density at radius 2 is 1.86 bits per heavy atom. The van der Waals surface area contributed by atoms with E-state index in [1.165, 1.54) is 0 Å². The first-order valence-electron chi connectivity index (χ1n) is 5.15. The van der Waals surface area contributed by atoms with Gasteiger partial charge in [-0.05, 0) is 24.7 Å². The molecule has 0 heterocycles. The van der Waals surface area contributed by atoms with E-state index < -0.39 is 9.84 Å². The third-order valence-electron chi connectivity index (χ3n) is 2.85. The van der Waals surface area contributed by atoms with Gasteiger partial charge in [-0.25, -0.2) is 8.42 Å². The molecule has 0 fully saturated rings. The summed E-state index contributed by atoms with van der Waals surface area (Å²) in [5.41, 5.74) is 0.102. The molecule has 0 bridgehead atoms. The van der Waals surface area contributed by atoms with Gasteiger partial charge in [-0.15, -0.1) is 11.6 Å². The van der Waals surface area contributed by atoms with Crippen molar-refractivity contribution in [3.05, 3.63) is 0 Å². The van der Waals surface area contributed by atoms with E-state index in [0.717, 1.165) is 19.3 Å². The summed E-state index contributed by atoms with van der Waals surface area (Å²) < 4.78 is 22.5. The van der Waals surface area contributed by atoms with Gasteiger partial charge in [0.15, 0.2) is 0 Å². The average molecular weight is 241 g/mol. The van der Waals surface area contributed by atoms with Crippen LogP contribution < -0.4 is 0 Å². The van der Waals surface area contributed by atoms with Gasteiger partial charge in [0.1, 0.15) is 9.84 Å². The topological polar surface area (TPSA) is 34.1 Å². The predicted molar refractivity (Wildman–Crippen MR) is 62.7 cm³/mol. The lowest BCUT2D eigenvalue weighted by molar-refractivity contribution is 0.325. The summed E-state index contributed by atoms with van der Waals surface area (Å²) in [5.74, 6) is 1.16. The fourth-order valence-electron chi connectivity index (χ4n) is 1.20. The maximum atomic E-state index is 11.2. The molecular weight excluding hydrogens is 220 g/mol. The van der Waals surface area contributed by atoms with E-state index in [4.69, 9.17) is 11.6 Å². The maximum Gasteiger partial charge on any atom is 0.150 e. The molecule has 0 saturated carbocycles. The predicted octanol–water partition coefficient (Wildman–Crippen LogP) is 2.86. The molecule has 0 aliphatic rings. The molecular formula is C10H21ClO2S. The Hall–Kier alpha value is 0.240. The normalized spacial score (nSPS) is 16.6. The summed E-state index contributed by atoms with van der Waals surface area (Å²) in [7, 11) is -2.80. The highest BCUT2D eigenvalue weighted by Crippen LogP contribution is 2.28. The molecule has 0 spiro atoms. The Kier molecular flexibility index (Phi) is 6.06. The van der Waals surface area contributed by atoms with Crippen LogP contribution in [0.1, 0.15) is 40.0 Å². The monoisotopic (exact) mass is 240 g/mol. The molecule has 2 nitrogen and oxygen atoms in total. The van der Waals surface area contributed by atoms with E-state index in [2.05, 4.69) is 13.8 Å². The first kappa shape index (κ1) is 14.2. The minimum atomic E-state index is -2.80. The molecule has 0 radical (unpaired) electrons. The standard InChI is InChI=1S/C10H21ClO2S/c1-4-10(3,9-11)7-6-8-14(12,13)5-2/h4-9H2,1-3H3. The number of halogens is 1. The van der Waals surface area contributed by atoms with Gasteiger partial charge in [-0.3, -0.25) is 0 Å². The summed E-state index contributed by atoms with van der Waals surface area (Å²) >= 11 is 5.84. The van der Waals surface area contributed by atoms with Gasteiger partial charge < -0.3 is 0 Å². The van der Waals surface area contributed by atoms with E-state index in [9.17, 15) is 8.42 Å². The Morgan fingerprint density at radius 3 is 2.21 bits per heavy atom. The average Bonchev–Trinajstić information content (AvgIpc) is 2.17. The first-order valence-corrected chi connectivity index (χ1v) is 7.51. The Balaban J connectivity index is 3.96. The summed E-state index contributed by atoms with van der Waals surface area (Å²) in [6.07, 6.45) is 2.63. The highest BCUT2D eigenvalue weighted by molar-refractivity contribution is 7.91. The van der Waals surface area contributed by atoms with Crippen LogP contribution in [0.15, 0.2) is 0 Å². The minimum absolute atomic E-state index is 0.102. The lowest BCUT2D eigenvalue weighted by atomic mass is 9.85. The van der Waals surface area contributed by atoms with Crippen molar-refractivity contribution in [1.82, 2.24) is 0 Å². The number of rotatable bonds is 7. The lowest BCUT2D eigenvalue weighted by Gasteiger charge is -2.25. The number of hydrogen-bond donors (Lipinski definition) is 0. The van der Waals surface area contributed by atoms with Crippen LogP contribution in [0.2, 0.25) is 0 Å². The van der Waals surface area contributed by atoms with Crippen molar-refractivity contribution >= 4 is 21.4 Å². The molecule has 1 unspecified atom stereocenters. The Bertz CT molecular complexity index is 243. The maximum absolute atomic E-state index is 11.2. The lowest BCUT2D eigenvalue weighted by Crippen LogP contribution is -2.19. The van der Waals surface area contributed by atoms with Gasteiger partial charge in [-0.2, -0.15) is 0 Å². The fourth-order valence-corrected chi connectivity index (χ4v) is 2.40. The molecule has 0 saturated heterocycles. The Morgan fingerprint density at radius 1 is 1.29 bits per heavy atom. The van der Waals surface area contributed by atoms with Crippen molar-refractivity contribution < 1.29 is 8.42 Å². The molecule has 1 atom stereocenters. The second-order valence-corrected chi connectivity index (χ2v) is 6.88. The van der Waals surface area contributed by atoms with Crippen molar-refractivity contribution in [2.45, 2.75) is 40.0 Å². The van der Waals surface area contributed by atoms with Crippen LogP contribution in [0.25, 0.3) is 0 Å². The van der Waals surface area contributed by atoms with Crippen LogP contribution >= 0.6 is 11.6 Å². The third-order valence-corrected chi connectivity index (χ3v) is 5.29. The minimum Gasteiger partial charge on any atom is -0.229 e. The van der Waals surface area contributed by atoms with Crippen LogP contribution in [0.4, 0.5) is 0 Å². The van der Waals surface area contributed by atoms with Gasteiger partial charge in [0.2, 0.25) is 0 Å². The van der Waals surface area contributed by atoms with E-state index in [0.29, 0.717) is 11.6 Å². The van der Waals surface area contributed by atoms with Crippen molar-refractivity contribution in [2.75, 3.05) is 17.4 Å². The summed E-state index contributed by atoms with van der Waals surface area (Å²) in [5, 5.41) is 0. The van der Waals surface area contributed by atoms with Crippen LogP contribution in [0, 0.1) is 5.41 Å². The van der Waals surface area contributed by atoms with Gasteiger partial charge >= 0.3 is 0 Å². The van der Waals surface area contributed by atoms with E-state index in [-0.39, 0.29) is 11.2 Å². The van der Waals surface area contributed by atoms with Crippen LogP contribution in [-0.4, -0.2) is 25.8 Å². The second kappa shape index (κ2) is 5.96. The molecule has 0 amide bonds. The molecule has 14 heavy (non-hydrogen) atoms. The fraction of sp³-hybridized carbons (Fsp3) is 1.00. The molecule has 4 heteroatoms. The largest absolute Gasteiger partial charge is 0.229 e. The second-order valence-electron chi connectivity index (χ2n) is 4.14. The third kappa shape index (κ3) is 5.20. The number of hydrogen-bond acceptors (Lipinski definition) is 2. The molecule has 0 rings (SSSR count). The van der Waals surface area contributed by atoms with Gasteiger partial charge in [-0.1, -0.05) is 20.8 Å². The molecule has 0 aromatic rings. The highest BCUT2D eigenvalue weighted by atomic mass is 35.5. The summed E-state index contributed by atoms with van der Waals surface area (Å²) in [6, 6.07) is 0. The number of sulfone groups is 1. The van der Waals surface area contributed by atoms with Crippen molar-refractivity contribution in [3.8, 4) is 0 Å². The molecule has 0 aliphatic heterocycles. The molecule has 0 aromatic heterocycles. The zero-order chi connectivity index (χ0) is 11.2. The highest BCUT2D eigenvalue weighted by Gasteiger charge is 2.21. The van der Waals surface area contributed by atoms with E-state index >= 15 is 0 Å². The Labute approximate surface area is 93.0 Å². The first-order chi connectivity index (χ1) is 6.39. The quantitative estimate of drug-likeness (QED) is 0.642. The van der Waals surface area contributed by atoms with Gasteiger partial charge in [0.25, 0.3) is 0 Å². The van der Waals surface area contributed by atoms with Crippen LogP contribution in [0.3, 0.4) is 0 Å². The van der Waals surface area contributed by atoms with Crippen molar-refractivity contribution in [3.63, 3.8) is 0 Å². The summed E-state index contributed by atoms with van der Waals surface area (Å²) in [4.78, 5) is 0. The zero-order valence-electron chi connectivity index (χ0n) is 9.35. The van der Waals surface area contributed by atoms with Gasteiger partial charge in [0.05, 0.1) is 5.75 Å². The molecule has 0 aromatic carbocycles.